The first kappa shape index (κ1) is 18.6. The van der Waals surface area contributed by atoms with E-state index in [0.717, 1.165) is 22.3 Å². The van der Waals surface area contributed by atoms with Crippen molar-refractivity contribution in [2.24, 2.45) is 0 Å². The summed E-state index contributed by atoms with van der Waals surface area (Å²) in [6.45, 7) is 2.01. The minimum absolute atomic E-state index is 0.304. The molecule has 0 aliphatic carbocycles. The Balaban J connectivity index is 1.84. The molecule has 0 bridgehead atoms. The summed E-state index contributed by atoms with van der Waals surface area (Å²) in [6, 6.07) is 17.4. The van der Waals surface area contributed by atoms with Crippen molar-refractivity contribution in [2.45, 2.75) is 6.92 Å². The van der Waals surface area contributed by atoms with Crippen molar-refractivity contribution in [1.82, 2.24) is 0 Å². The number of anilines is 1. The average molecular weight is 377 g/mol. The van der Waals surface area contributed by atoms with Crippen molar-refractivity contribution in [3.8, 4) is 11.1 Å². The molecule has 1 amide bonds. The predicted octanol–water partition coefficient (Wildman–Crippen LogP) is 5.16. The highest BCUT2D eigenvalue weighted by molar-refractivity contribution is 7.15. The van der Waals surface area contributed by atoms with Gasteiger partial charge in [0.1, 0.15) is 10.6 Å². The number of hydrogen-bond donors (Lipinski definition) is 1. The van der Waals surface area contributed by atoms with Gasteiger partial charge in [-0.25, -0.2) is 4.79 Å². The van der Waals surface area contributed by atoms with Crippen molar-refractivity contribution in [1.29, 1.82) is 0 Å². The van der Waals surface area contributed by atoms with Crippen LogP contribution >= 0.6 is 11.3 Å². The van der Waals surface area contributed by atoms with Crippen molar-refractivity contribution in [3.05, 3.63) is 82.7 Å². The van der Waals surface area contributed by atoms with Crippen LogP contribution in [0.4, 0.5) is 5.00 Å². The standard InChI is InChI=1S/C22H19NO3S/c1-15-8-10-16(11-9-15)12-13-19(24)23-21-20(22(25)26-2)18(14-27-21)17-6-4-3-5-7-17/h3-14H,1-2H3,(H,23,24)/b13-12+. The van der Waals surface area contributed by atoms with Crippen LogP contribution in [0.1, 0.15) is 21.5 Å². The third-order valence-corrected chi connectivity index (χ3v) is 4.90. The second-order valence-corrected chi connectivity index (χ2v) is 6.82. The molecule has 0 saturated carbocycles. The Labute approximate surface area is 162 Å². The summed E-state index contributed by atoms with van der Waals surface area (Å²) in [4.78, 5) is 24.6. The summed E-state index contributed by atoms with van der Waals surface area (Å²) in [7, 11) is 1.33. The Kier molecular flexibility index (Phi) is 5.84. The Hall–Kier alpha value is -3.18. The van der Waals surface area contributed by atoms with Crippen molar-refractivity contribution >= 4 is 34.3 Å². The van der Waals surface area contributed by atoms with Gasteiger partial charge in [-0.3, -0.25) is 4.79 Å². The first-order chi connectivity index (χ1) is 13.1. The summed E-state index contributed by atoms with van der Waals surface area (Å²) < 4.78 is 4.92. The maximum atomic E-state index is 12.3. The summed E-state index contributed by atoms with van der Waals surface area (Å²) in [5.74, 6) is -0.782. The molecule has 4 nitrogen and oxygen atoms in total. The van der Waals surface area contributed by atoms with Crippen LogP contribution in [0.2, 0.25) is 0 Å². The van der Waals surface area contributed by atoms with E-state index in [4.69, 9.17) is 4.74 Å². The van der Waals surface area contributed by atoms with Gasteiger partial charge in [-0.05, 0) is 24.1 Å². The smallest absolute Gasteiger partial charge is 0.341 e. The van der Waals surface area contributed by atoms with Gasteiger partial charge in [0.15, 0.2) is 0 Å². The molecule has 5 heteroatoms. The summed E-state index contributed by atoms with van der Waals surface area (Å²) >= 11 is 1.30. The van der Waals surface area contributed by atoms with Gasteiger partial charge in [-0.15, -0.1) is 11.3 Å². The molecule has 1 aromatic heterocycles. The van der Waals surface area contributed by atoms with Crippen LogP contribution < -0.4 is 5.32 Å². The van der Waals surface area contributed by atoms with Crippen LogP contribution in [0.5, 0.6) is 0 Å². The molecule has 27 heavy (non-hydrogen) atoms. The van der Waals surface area contributed by atoms with E-state index in [9.17, 15) is 9.59 Å². The molecule has 1 heterocycles. The van der Waals surface area contributed by atoms with E-state index in [2.05, 4.69) is 5.32 Å². The SMILES string of the molecule is COC(=O)c1c(-c2ccccc2)csc1NC(=O)/C=C/c1ccc(C)cc1. The molecule has 3 rings (SSSR count). The Morgan fingerprint density at radius 1 is 1.04 bits per heavy atom. The molecule has 0 saturated heterocycles. The number of ether oxygens (including phenoxy) is 1. The number of amides is 1. The van der Waals surface area contributed by atoms with Crippen LogP contribution in [0.3, 0.4) is 0 Å². The zero-order valence-electron chi connectivity index (χ0n) is 15.1. The molecule has 0 spiro atoms. The van der Waals surface area contributed by atoms with Crippen LogP contribution in [0.25, 0.3) is 17.2 Å². The maximum absolute atomic E-state index is 12.3. The lowest BCUT2D eigenvalue weighted by molar-refractivity contribution is -0.111. The number of carbonyl (C=O) groups is 2. The molecule has 0 aliphatic rings. The molecule has 3 aromatic rings. The van der Waals surface area contributed by atoms with Crippen molar-refractivity contribution in [2.75, 3.05) is 12.4 Å². The van der Waals surface area contributed by atoms with E-state index in [1.807, 2.05) is 66.9 Å². The van der Waals surface area contributed by atoms with Crippen LogP contribution in [0, 0.1) is 6.92 Å². The van der Waals surface area contributed by atoms with Crippen LogP contribution in [-0.4, -0.2) is 19.0 Å². The van der Waals surface area contributed by atoms with E-state index >= 15 is 0 Å². The van der Waals surface area contributed by atoms with Crippen LogP contribution in [-0.2, 0) is 9.53 Å². The zero-order valence-corrected chi connectivity index (χ0v) is 15.9. The van der Waals surface area contributed by atoms with Gasteiger partial charge in [0.25, 0.3) is 0 Å². The fraction of sp³-hybridized carbons (Fsp3) is 0.0909. The number of carbonyl (C=O) groups excluding carboxylic acids is 2. The lowest BCUT2D eigenvalue weighted by Crippen LogP contribution is -2.11. The summed E-state index contributed by atoms with van der Waals surface area (Å²) in [5, 5.41) is 5.11. The van der Waals surface area contributed by atoms with E-state index in [-0.39, 0.29) is 5.91 Å². The van der Waals surface area contributed by atoms with Gasteiger partial charge in [-0.1, -0.05) is 60.2 Å². The fourth-order valence-corrected chi connectivity index (χ4v) is 3.55. The molecule has 0 unspecified atom stereocenters. The molecule has 0 atom stereocenters. The molecule has 2 aromatic carbocycles. The number of aryl methyl sites for hydroxylation is 1. The van der Waals surface area contributed by atoms with Gasteiger partial charge < -0.3 is 10.1 Å². The second kappa shape index (κ2) is 8.47. The highest BCUT2D eigenvalue weighted by Crippen LogP contribution is 2.36. The van der Waals surface area contributed by atoms with Gasteiger partial charge >= 0.3 is 5.97 Å². The second-order valence-electron chi connectivity index (χ2n) is 5.94. The van der Waals surface area contributed by atoms with E-state index in [1.54, 1.807) is 6.08 Å². The number of thiophene rings is 1. The maximum Gasteiger partial charge on any atom is 0.341 e. The Morgan fingerprint density at radius 3 is 2.41 bits per heavy atom. The highest BCUT2D eigenvalue weighted by Gasteiger charge is 2.21. The molecule has 0 aliphatic heterocycles. The van der Waals surface area contributed by atoms with E-state index in [1.165, 1.54) is 24.5 Å². The highest BCUT2D eigenvalue weighted by atomic mass is 32.1. The third kappa shape index (κ3) is 4.51. The normalized spacial score (nSPS) is 10.7. The number of hydrogen-bond acceptors (Lipinski definition) is 4. The largest absolute Gasteiger partial charge is 0.465 e. The number of esters is 1. The van der Waals surface area contributed by atoms with Gasteiger partial charge in [-0.2, -0.15) is 0 Å². The lowest BCUT2D eigenvalue weighted by atomic mass is 10.0. The van der Waals surface area contributed by atoms with Gasteiger partial charge in [0.05, 0.1) is 7.11 Å². The molecular formula is C22H19NO3S. The van der Waals surface area contributed by atoms with Gasteiger partial charge in [0, 0.05) is 17.0 Å². The number of nitrogens with one attached hydrogen (secondary N) is 1. The Bertz CT molecular complexity index is 973. The summed E-state index contributed by atoms with van der Waals surface area (Å²) in [5.41, 5.74) is 4.09. The van der Waals surface area contributed by atoms with Crippen molar-refractivity contribution in [3.63, 3.8) is 0 Å². The monoisotopic (exact) mass is 377 g/mol. The quantitative estimate of drug-likeness (QED) is 0.493. The molecular weight excluding hydrogens is 358 g/mol. The first-order valence-electron chi connectivity index (χ1n) is 8.39. The zero-order chi connectivity index (χ0) is 19.2. The molecule has 0 radical (unpaired) electrons. The summed E-state index contributed by atoms with van der Waals surface area (Å²) in [6.07, 6.45) is 3.19. The van der Waals surface area contributed by atoms with Gasteiger partial charge in [0.2, 0.25) is 5.91 Å². The number of rotatable bonds is 5. The minimum Gasteiger partial charge on any atom is -0.465 e. The number of benzene rings is 2. The van der Waals surface area contributed by atoms with E-state index in [0.29, 0.717) is 10.6 Å². The fourth-order valence-electron chi connectivity index (χ4n) is 2.59. The topological polar surface area (TPSA) is 55.4 Å². The van der Waals surface area contributed by atoms with E-state index < -0.39 is 5.97 Å². The molecule has 136 valence electrons. The van der Waals surface area contributed by atoms with Crippen LogP contribution in [0.15, 0.2) is 66.1 Å². The molecule has 0 fully saturated rings. The Morgan fingerprint density at radius 2 is 1.74 bits per heavy atom. The van der Waals surface area contributed by atoms with Crippen molar-refractivity contribution < 1.29 is 14.3 Å². The minimum atomic E-state index is -0.479. The first-order valence-corrected chi connectivity index (χ1v) is 9.27. The molecule has 1 N–H and O–H groups in total. The third-order valence-electron chi connectivity index (χ3n) is 4.01. The predicted molar refractivity (Wildman–Crippen MR) is 110 cm³/mol. The lowest BCUT2D eigenvalue weighted by Gasteiger charge is -2.06. The number of methoxy groups -OCH3 is 1. The average Bonchev–Trinajstić information content (AvgIpc) is 3.11.